The van der Waals surface area contributed by atoms with Gasteiger partial charge in [-0.1, -0.05) is 25.0 Å². The molecule has 1 heterocycles. The predicted molar refractivity (Wildman–Crippen MR) is 87.2 cm³/mol. The Morgan fingerprint density at radius 3 is 2.78 bits per heavy atom. The minimum absolute atomic E-state index is 0.527. The summed E-state index contributed by atoms with van der Waals surface area (Å²) in [6, 6.07) is 3.15. The second kappa shape index (κ2) is 6.62. The van der Waals surface area contributed by atoms with Crippen molar-refractivity contribution in [3.63, 3.8) is 0 Å². The number of halogens is 1. The highest BCUT2D eigenvalue weighted by atomic mass is 19.1. The Morgan fingerprint density at radius 1 is 1.39 bits per heavy atom. The maximum Gasteiger partial charge on any atom is 0.207 e. The summed E-state index contributed by atoms with van der Waals surface area (Å²) in [5.74, 6) is 0.755. The lowest BCUT2D eigenvalue weighted by Crippen LogP contribution is -2.43. The van der Waals surface area contributed by atoms with Gasteiger partial charge in [-0.2, -0.15) is 0 Å². The number of hydrogen-bond donors (Lipinski definition) is 2. The number of nitrogens with zero attached hydrogens (tertiary/aromatic N) is 1. The van der Waals surface area contributed by atoms with Crippen molar-refractivity contribution >= 4 is 6.41 Å². The molecule has 5 heteroatoms. The lowest BCUT2D eigenvalue weighted by Gasteiger charge is -2.34. The zero-order valence-corrected chi connectivity index (χ0v) is 13.0. The zero-order chi connectivity index (χ0) is 16.3. The Bertz CT molecular complexity index is 612. The van der Waals surface area contributed by atoms with Gasteiger partial charge in [0.2, 0.25) is 6.41 Å². The summed E-state index contributed by atoms with van der Waals surface area (Å²) in [4.78, 5) is 14.8. The van der Waals surface area contributed by atoms with Crippen LogP contribution in [0.5, 0.6) is 0 Å². The first-order chi connectivity index (χ1) is 11.1. The molecule has 23 heavy (non-hydrogen) atoms. The van der Waals surface area contributed by atoms with Gasteiger partial charge < -0.3 is 11.1 Å². The molecule has 2 aliphatic carbocycles. The first-order valence-electron chi connectivity index (χ1n) is 8.07. The van der Waals surface area contributed by atoms with Crippen molar-refractivity contribution in [2.45, 2.75) is 43.4 Å². The number of nitrogens with one attached hydrogen (secondary N) is 1. The molecule has 1 saturated carbocycles. The predicted octanol–water partition coefficient (Wildman–Crippen LogP) is 2.37. The standard InChI is InChI=1S/C18H22FN3O/c19-16-4-3-15(11-17(16)22-12-23)18(20,8-5-13-1-2-13)14-6-9-21-10-7-14/h3-4,6-7,9-13,16-17H,1-2,5,8,20H2,(H,22,23). The van der Waals surface area contributed by atoms with Gasteiger partial charge in [0.25, 0.3) is 0 Å². The Balaban J connectivity index is 1.92. The molecule has 1 fully saturated rings. The van der Waals surface area contributed by atoms with Crippen molar-refractivity contribution in [3.8, 4) is 0 Å². The van der Waals surface area contributed by atoms with E-state index < -0.39 is 17.8 Å². The van der Waals surface area contributed by atoms with E-state index in [1.807, 2.05) is 12.1 Å². The van der Waals surface area contributed by atoms with E-state index in [2.05, 4.69) is 10.3 Å². The van der Waals surface area contributed by atoms with E-state index in [9.17, 15) is 9.18 Å². The topological polar surface area (TPSA) is 68.0 Å². The summed E-state index contributed by atoms with van der Waals surface area (Å²) in [7, 11) is 0. The number of amides is 1. The Morgan fingerprint density at radius 2 is 2.13 bits per heavy atom. The molecule has 0 aromatic carbocycles. The van der Waals surface area contributed by atoms with E-state index in [0.29, 0.717) is 6.41 Å². The molecule has 2 aliphatic rings. The summed E-state index contributed by atoms with van der Waals surface area (Å²) in [6.45, 7) is 0. The summed E-state index contributed by atoms with van der Waals surface area (Å²) in [5, 5.41) is 2.51. The van der Waals surface area contributed by atoms with Gasteiger partial charge in [-0.05, 0) is 48.1 Å². The molecule has 3 rings (SSSR count). The number of rotatable bonds is 7. The molecule has 1 amide bonds. The molecule has 3 atom stereocenters. The third-order valence-corrected chi connectivity index (χ3v) is 4.78. The quantitative estimate of drug-likeness (QED) is 0.759. The fraction of sp³-hybridized carbons (Fsp3) is 0.444. The molecule has 0 bridgehead atoms. The molecular formula is C18H22FN3O. The molecule has 122 valence electrons. The highest BCUT2D eigenvalue weighted by molar-refractivity contribution is 5.50. The summed E-state index contributed by atoms with van der Waals surface area (Å²) < 4.78 is 13.9. The Kier molecular flexibility index (Phi) is 4.57. The fourth-order valence-corrected chi connectivity index (χ4v) is 3.12. The molecule has 3 N–H and O–H groups in total. The van der Waals surface area contributed by atoms with Crippen LogP contribution in [0.2, 0.25) is 0 Å². The molecule has 1 aromatic rings. The highest BCUT2D eigenvalue weighted by Gasteiger charge is 2.35. The molecule has 0 saturated heterocycles. The summed E-state index contributed by atoms with van der Waals surface area (Å²) in [6.07, 6.45) is 12.1. The number of nitrogens with two attached hydrogens (primary N) is 1. The van der Waals surface area contributed by atoms with E-state index in [4.69, 9.17) is 5.73 Å². The monoisotopic (exact) mass is 315 g/mol. The Labute approximate surface area is 135 Å². The SMILES string of the molecule is NC(CCC1CC1)(C1=CC(NC=O)C(F)C=C1)c1ccncc1. The van der Waals surface area contributed by atoms with Crippen molar-refractivity contribution in [2.75, 3.05) is 0 Å². The summed E-state index contributed by atoms with van der Waals surface area (Å²) >= 11 is 0. The molecular weight excluding hydrogens is 293 g/mol. The molecule has 0 spiro atoms. The van der Waals surface area contributed by atoms with Crippen molar-refractivity contribution in [1.29, 1.82) is 0 Å². The van der Waals surface area contributed by atoms with Gasteiger partial charge in [-0.15, -0.1) is 0 Å². The second-order valence-electron chi connectivity index (χ2n) is 6.43. The first kappa shape index (κ1) is 15.9. The van der Waals surface area contributed by atoms with Gasteiger partial charge in [-0.25, -0.2) is 4.39 Å². The summed E-state index contributed by atoms with van der Waals surface area (Å²) in [5.41, 5.74) is 7.91. The molecule has 0 radical (unpaired) electrons. The van der Waals surface area contributed by atoms with E-state index in [1.54, 1.807) is 24.5 Å². The smallest absolute Gasteiger partial charge is 0.207 e. The van der Waals surface area contributed by atoms with Crippen molar-refractivity contribution in [1.82, 2.24) is 10.3 Å². The largest absolute Gasteiger partial charge is 0.349 e. The van der Waals surface area contributed by atoms with Crippen LogP contribution in [0.3, 0.4) is 0 Å². The normalized spacial score (nSPS) is 26.3. The molecule has 0 aliphatic heterocycles. The van der Waals surface area contributed by atoms with Gasteiger partial charge in [0, 0.05) is 12.4 Å². The van der Waals surface area contributed by atoms with Crippen LogP contribution in [0.4, 0.5) is 4.39 Å². The molecule has 3 unspecified atom stereocenters. The van der Waals surface area contributed by atoms with Crippen LogP contribution in [-0.4, -0.2) is 23.6 Å². The van der Waals surface area contributed by atoms with Crippen molar-refractivity contribution in [3.05, 3.63) is 53.9 Å². The second-order valence-corrected chi connectivity index (χ2v) is 6.43. The van der Waals surface area contributed by atoms with Gasteiger partial charge in [0.05, 0.1) is 11.6 Å². The number of pyridine rings is 1. The van der Waals surface area contributed by atoms with Gasteiger partial charge in [-0.3, -0.25) is 9.78 Å². The minimum Gasteiger partial charge on any atom is -0.349 e. The average Bonchev–Trinajstić information content (AvgIpc) is 3.40. The Hall–Kier alpha value is -2.01. The maximum absolute atomic E-state index is 13.9. The number of alkyl halides is 1. The van der Waals surface area contributed by atoms with E-state index >= 15 is 0 Å². The lowest BCUT2D eigenvalue weighted by atomic mass is 9.77. The van der Waals surface area contributed by atoms with Crippen LogP contribution in [0.1, 0.15) is 31.2 Å². The third kappa shape index (κ3) is 3.50. The van der Waals surface area contributed by atoms with Crippen molar-refractivity contribution < 1.29 is 9.18 Å². The van der Waals surface area contributed by atoms with Gasteiger partial charge >= 0.3 is 0 Å². The number of aromatic nitrogens is 1. The average molecular weight is 315 g/mol. The van der Waals surface area contributed by atoms with Gasteiger partial charge in [0.1, 0.15) is 6.17 Å². The van der Waals surface area contributed by atoms with Crippen LogP contribution in [0, 0.1) is 5.92 Å². The number of hydrogen-bond acceptors (Lipinski definition) is 3. The van der Waals surface area contributed by atoms with Crippen LogP contribution in [0.15, 0.2) is 48.3 Å². The first-order valence-corrected chi connectivity index (χ1v) is 8.07. The van der Waals surface area contributed by atoms with Gasteiger partial charge in [0.15, 0.2) is 0 Å². The maximum atomic E-state index is 13.9. The number of carbonyl (C=O) groups excluding carboxylic acids is 1. The number of carbonyl (C=O) groups is 1. The third-order valence-electron chi connectivity index (χ3n) is 4.78. The fourth-order valence-electron chi connectivity index (χ4n) is 3.12. The van der Waals surface area contributed by atoms with Crippen LogP contribution in [-0.2, 0) is 10.3 Å². The van der Waals surface area contributed by atoms with Crippen molar-refractivity contribution in [2.24, 2.45) is 11.7 Å². The van der Waals surface area contributed by atoms with E-state index in [0.717, 1.165) is 29.9 Å². The lowest BCUT2D eigenvalue weighted by molar-refractivity contribution is -0.110. The van der Waals surface area contributed by atoms with Crippen LogP contribution in [0.25, 0.3) is 0 Å². The van der Waals surface area contributed by atoms with Crippen LogP contribution >= 0.6 is 0 Å². The molecule has 4 nitrogen and oxygen atoms in total. The minimum atomic E-state index is -1.23. The highest BCUT2D eigenvalue weighted by Crippen LogP contribution is 2.40. The molecule has 1 aromatic heterocycles. The van der Waals surface area contributed by atoms with E-state index in [-0.39, 0.29) is 0 Å². The van der Waals surface area contributed by atoms with Crippen LogP contribution < -0.4 is 11.1 Å². The zero-order valence-electron chi connectivity index (χ0n) is 13.0. The van der Waals surface area contributed by atoms with E-state index in [1.165, 1.54) is 18.9 Å².